The Hall–Kier alpha value is -0.410. The van der Waals surface area contributed by atoms with Crippen LogP contribution in [-0.2, 0) is 5.41 Å². The Bertz CT molecular complexity index is 383. The van der Waals surface area contributed by atoms with Gasteiger partial charge in [0.1, 0.15) is 0 Å². The first-order chi connectivity index (χ1) is 7.05. The van der Waals surface area contributed by atoms with Gasteiger partial charge in [0, 0.05) is 9.89 Å². The molecule has 1 fully saturated rings. The first kappa shape index (κ1) is 11.1. The van der Waals surface area contributed by atoms with Gasteiger partial charge in [-0.2, -0.15) is 0 Å². The maximum absolute atomic E-state index is 5.90. The summed E-state index contributed by atoms with van der Waals surface area (Å²) in [5, 5.41) is 0. The number of rotatable bonds is 3. The van der Waals surface area contributed by atoms with Crippen LogP contribution in [0.5, 0.6) is 0 Å². The molecule has 0 spiro atoms. The molecule has 0 bridgehead atoms. The molecule has 15 heavy (non-hydrogen) atoms. The lowest BCUT2D eigenvalue weighted by atomic mass is 9.78. The summed E-state index contributed by atoms with van der Waals surface area (Å²) in [6, 6.07) is 8.32. The second-order valence-corrected chi connectivity index (χ2v) is 5.70. The lowest BCUT2D eigenvalue weighted by Gasteiger charge is -2.29. The van der Waals surface area contributed by atoms with E-state index >= 15 is 0 Å². The molecule has 0 aliphatic heterocycles. The fourth-order valence-electron chi connectivity index (χ4n) is 2.04. The Morgan fingerprint density at radius 3 is 2.33 bits per heavy atom. The third-order valence-electron chi connectivity index (χ3n) is 3.35. The monoisotopic (exact) mass is 283 g/mol. The van der Waals surface area contributed by atoms with Crippen molar-refractivity contribution in [1.29, 1.82) is 0 Å². The summed E-state index contributed by atoms with van der Waals surface area (Å²) in [4.78, 5) is 0.618. The molecular weight excluding hydrogens is 270 g/mol. The van der Waals surface area contributed by atoms with Crippen molar-refractivity contribution in [2.24, 2.45) is 11.7 Å². The zero-order valence-electron chi connectivity index (χ0n) is 8.66. The Morgan fingerprint density at radius 2 is 1.93 bits per heavy atom. The predicted octanol–water partition coefficient (Wildman–Crippen LogP) is 3.40. The van der Waals surface area contributed by atoms with Gasteiger partial charge >= 0.3 is 0 Å². The maximum atomic E-state index is 5.90. The Labute approximate surface area is 104 Å². The van der Waals surface area contributed by atoms with E-state index in [1.807, 2.05) is 12.1 Å². The number of benzene rings is 1. The van der Waals surface area contributed by atoms with Gasteiger partial charge in [0.05, 0.1) is 4.99 Å². The quantitative estimate of drug-likeness (QED) is 0.861. The molecule has 0 aromatic heterocycles. The third kappa shape index (κ3) is 1.95. The molecule has 3 heteroatoms. The van der Waals surface area contributed by atoms with Crippen LogP contribution in [0, 0.1) is 5.92 Å². The van der Waals surface area contributed by atoms with Gasteiger partial charge in [0.2, 0.25) is 0 Å². The molecule has 2 N–H and O–H groups in total. The van der Waals surface area contributed by atoms with Crippen molar-refractivity contribution in [3.05, 3.63) is 34.3 Å². The summed E-state index contributed by atoms with van der Waals surface area (Å²) in [7, 11) is 0. The van der Waals surface area contributed by atoms with Crippen LogP contribution >= 0.6 is 28.1 Å². The molecule has 0 amide bonds. The second-order valence-electron chi connectivity index (χ2n) is 4.35. The molecule has 0 saturated heterocycles. The molecular formula is C12H14BrNS. The molecule has 1 aliphatic rings. The zero-order chi connectivity index (χ0) is 11.1. The van der Waals surface area contributed by atoms with Crippen molar-refractivity contribution in [3.8, 4) is 0 Å². The van der Waals surface area contributed by atoms with E-state index in [2.05, 4.69) is 35.0 Å². The molecule has 0 radical (unpaired) electrons. The van der Waals surface area contributed by atoms with Crippen LogP contribution in [-0.4, -0.2) is 4.99 Å². The van der Waals surface area contributed by atoms with E-state index in [4.69, 9.17) is 18.0 Å². The van der Waals surface area contributed by atoms with Crippen molar-refractivity contribution in [1.82, 2.24) is 0 Å². The van der Waals surface area contributed by atoms with Gasteiger partial charge in [-0.05, 0) is 43.4 Å². The van der Waals surface area contributed by atoms with Crippen molar-refractivity contribution >= 4 is 33.1 Å². The second kappa shape index (κ2) is 3.87. The third-order valence-corrected chi connectivity index (χ3v) is 4.30. The first-order valence-electron chi connectivity index (χ1n) is 5.11. The van der Waals surface area contributed by atoms with Gasteiger partial charge in [0.25, 0.3) is 0 Å². The van der Waals surface area contributed by atoms with E-state index in [-0.39, 0.29) is 5.41 Å². The molecule has 1 saturated carbocycles. The van der Waals surface area contributed by atoms with Gasteiger partial charge in [-0.3, -0.25) is 0 Å². The van der Waals surface area contributed by atoms with Crippen molar-refractivity contribution < 1.29 is 0 Å². The number of halogens is 1. The number of thiocarbonyl (C=S) groups is 1. The fourth-order valence-corrected chi connectivity index (χ4v) is 2.58. The van der Waals surface area contributed by atoms with Crippen LogP contribution < -0.4 is 5.73 Å². The van der Waals surface area contributed by atoms with Crippen LogP contribution in [0.3, 0.4) is 0 Å². The molecule has 1 unspecified atom stereocenters. The Morgan fingerprint density at radius 1 is 1.40 bits per heavy atom. The summed E-state index contributed by atoms with van der Waals surface area (Å²) in [5.41, 5.74) is 7.02. The lowest BCUT2D eigenvalue weighted by Crippen LogP contribution is -2.39. The van der Waals surface area contributed by atoms with E-state index in [9.17, 15) is 0 Å². The average Bonchev–Trinajstić information content (AvgIpc) is 3.00. The summed E-state index contributed by atoms with van der Waals surface area (Å²) >= 11 is 8.67. The summed E-state index contributed by atoms with van der Waals surface area (Å²) in [6.45, 7) is 2.16. The largest absolute Gasteiger partial charge is 0.393 e. The average molecular weight is 284 g/mol. The van der Waals surface area contributed by atoms with Crippen LogP contribution in [0.2, 0.25) is 0 Å². The van der Waals surface area contributed by atoms with Gasteiger partial charge in [-0.1, -0.05) is 40.3 Å². The van der Waals surface area contributed by atoms with E-state index in [0.717, 1.165) is 4.47 Å². The number of hydrogen-bond acceptors (Lipinski definition) is 1. The first-order valence-corrected chi connectivity index (χ1v) is 6.31. The van der Waals surface area contributed by atoms with E-state index in [0.29, 0.717) is 10.9 Å². The minimum absolute atomic E-state index is 0.115. The van der Waals surface area contributed by atoms with Crippen molar-refractivity contribution in [2.45, 2.75) is 25.2 Å². The highest BCUT2D eigenvalue weighted by Gasteiger charge is 2.44. The summed E-state index contributed by atoms with van der Waals surface area (Å²) < 4.78 is 1.09. The molecule has 1 nitrogen and oxygen atoms in total. The Balaban J connectivity index is 2.40. The SMILES string of the molecule is CC(C(N)=S)(c1ccc(Br)cc1)C1CC1. The normalized spacial score (nSPS) is 19.6. The maximum Gasteiger partial charge on any atom is 0.0834 e. The highest BCUT2D eigenvalue weighted by molar-refractivity contribution is 9.10. The van der Waals surface area contributed by atoms with Gasteiger partial charge < -0.3 is 5.73 Å². The molecule has 0 heterocycles. The Kier molecular flexibility index (Phi) is 2.86. The topological polar surface area (TPSA) is 26.0 Å². The van der Waals surface area contributed by atoms with E-state index < -0.39 is 0 Å². The summed E-state index contributed by atoms with van der Waals surface area (Å²) in [6.07, 6.45) is 2.48. The smallest absolute Gasteiger partial charge is 0.0834 e. The molecule has 1 aromatic rings. The fraction of sp³-hybridized carbons (Fsp3) is 0.417. The van der Waals surface area contributed by atoms with Crippen LogP contribution in [0.4, 0.5) is 0 Å². The number of hydrogen-bond donors (Lipinski definition) is 1. The van der Waals surface area contributed by atoms with Gasteiger partial charge in [0.15, 0.2) is 0 Å². The minimum atomic E-state index is -0.115. The molecule has 1 atom stereocenters. The van der Waals surface area contributed by atoms with Crippen molar-refractivity contribution in [3.63, 3.8) is 0 Å². The van der Waals surface area contributed by atoms with Gasteiger partial charge in [-0.25, -0.2) is 0 Å². The van der Waals surface area contributed by atoms with Crippen LogP contribution in [0.1, 0.15) is 25.3 Å². The molecule has 80 valence electrons. The molecule has 1 aromatic carbocycles. The number of nitrogens with two attached hydrogens (primary N) is 1. The zero-order valence-corrected chi connectivity index (χ0v) is 11.1. The minimum Gasteiger partial charge on any atom is -0.393 e. The van der Waals surface area contributed by atoms with Gasteiger partial charge in [-0.15, -0.1) is 0 Å². The van der Waals surface area contributed by atoms with Crippen LogP contribution in [0.15, 0.2) is 28.7 Å². The summed E-state index contributed by atoms with van der Waals surface area (Å²) in [5.74, 6) is 0.635. The van der Waals surface area contributed by atoms with Crippen molar-refractivity contribution in [2.75, 3.05) is 0 Å². The molecule has 2 rings (SSSR count). The standard InChI is InChI=1S/C12H14BrNS/c1-12(11(14)15,8-2-3-8)9-4-6-10(13)7-5-9/h4-8H,2-3H2,1H3,(H2,14,15). The molecule has 1 aliphatic carbocycles. The highest BCUT2D eigenvalue weighted by atomic mass is 79.9. The van der Waals surface area contributed by atoms with E-state index in [1.54, 1.807) is 0 Å². The lowest BCUT2D eigenvalue weighted by molar-refractivity contribution is 0.555. The van der Waals surface area contributed by atoms with E-state index in [1.165, 1.54) is 18.4 Å². The highest BCUT2D eigenvalue weighted by Crippen LogP contribution is 2.47. The van der Waals surface area contributed by atoms with Crippen LogP contribution in [0.25, 0.3) is 0 Å². The predicted molar refractivity (Wildman–Crippen MR) is 71.0 cm³/mol.